The third-order valence-corrected chi connectivity index (χ3v) is 9.45. The van der Waals surface area contributed by atoms with Gasteiger partial charge in [0.15, 0.2) is 0 Å². The van der Waals surface area contributed by atoms with Gasteiger partial charge in [-0.15, -0.1) is 0 Å². The van der Waals surface area contributed by atoms with E-state index in [0.717, 1.165) is 37.5 Å². The fourth-order valence-electron chi connectivity index (χ4n) is 7.85. The molecule has 2 N–H and O–H groups in total. The molecule has 1 amide bonds. The molecule has 2 nitrogen and oxygen atoms in total. The van der Waals surface area contributed by atoms with Crippen LogP contribution in [0.3, 0.4) is 0 Å². The van der Waals surface area contributed by atoms with Gasteiger partial charge in [0, 0.05) is 0 Å². The van der Waals surface area contributed by atoms with Gasteiger partial charge in [-0.2, -0.15) is 0 Å². The van der Waals surface area contributed by atoms with E-state index in [1.165, 1.54) is 38.5 Å². The van der Waals surface area contributed by atoms with Crippen molar-refractivity contribution in [3.05, 3.63) is 23.8 Å². The van der Waals surface area contributed by atoms with Gasteiger partial charge < -0.3 is 5.73 Å². The molecule has 4 aliphatic carbocycles. The van der Waals surface area contributed by atoms with E-state index >= 15 is 0 Å². The Bertz CT molecular complexity index is 649. The van der Waals surface area contributed by atoms with Crippen molar-refractivity contribution in [2.45, 2.75) is 85.0 Å². The van der Waals surface area contributed by atoms with Crippen molar-refractivity contribution in [1.82, 2.24) is 0 Å². The van der Waals surface area contributed by atoms with Crippen molar-refractivity contribution in [1.29, 1.82) is 0 Å². The van der Waals surface area contributed by atoms with Crippen molar-refractivity contribution >= 4 is 5.91 Å². The van der Waals surface area contributed by atoms with Gasteiger partial charge in [0.05, 0.1) is 5.41 Å². The van der Waals surface area contributed by atoms with Crippen LogP contribution in [0.15, 0.2) is 23.8 Å². The minimum absolute atomic E-state index is 0.00625. The molecular formula is C24H37NO. The first-order valence-electron chi connectivity index (χ1n) is 11.1. The number of nitrogens with two attached hydrogens (primary N) is 1. The zero-order valence-corrected chi connectivity index (χ0v) is 17.0. The van der Waals surface area contributed by atoms with E-state index in [1.807, 2.05) is 0 Å². The fourth-order valence-corrected chi connectivity index (χ4v) is 7.85. The van der Waals surface area contributed by atoms with Gasteiger partial charge in [-0.1, -0.05) is 51.8 Å². The minimum Gasteiger partial charge on any atom is -0.369 e. The van der Waals surface area contributed by atoms with Crippen molar-refractivity contribution in [3.8, 4) is 0 Å². The Hall–Kier alpha value is -1.05. The zero-order valence-electron chi connectivity index (χ0n) is 17.0. The largest absolute Gasteiger partial charge is 0.369 e. The normalized spacial score (nSPS) is 46.9. The molecule has 144 valence electrons. The summed E-state index contributed by atoms with van der Waals surface area (Å²) in [6.07, 6.45) is 19.0. The predicted molar refractivity (Wildman–Crippen MR) is 107 cm³/mol. The highest BCUT2D eigenvalue weighted by Gasteiger charge is 2.65. The Kier molecular flexibility index (Phi) is 4.40. The van der Waals surface area contributed by atoms with Gasteiger partial charge in [0.1, 0.15) is 0 Å². The lowest BCUT2D eigenvalue weighted by molar-refractivity contribution is -0.142. The summed E-state index contributed by atoms with van der Waals surface area (Å²) in [6.45, 7) is 7.18. The second kappa shape index (κ2) is 6.24. The summed E-state index contributed by atoms with van der Waals surface area (Å²) < 4.78 is 0. The SMILES string of the molecule is CCCC[C@]1(C(N)=O)CC[C@H]2[C@@H]3CC=C4C=CCC[C@]4(C)[C@H]3CC[C@@]21C. The zero-order chi connectivity index (χ0) is 18.6. The molecule has 2 fully saturated rings. The summed E-state index contributed by atoms with van der Waals surface area (Å²) in [5, 5.41) is 0. The predicted octanol–water partition coefficient (Wildman–Crippen LogP) is 5.78. The molecule has 0 bridgehead atoms. The average molecular weight is 356 g/mol. The van der Waals surface area contributed by atoms with Gasteiger partial charge in [-0.25, -0.2) is 0 Å². The van der Waals surface area contributed by atoms with Gasteiger partial charge in [-0.3, -0.25) is 4.79 Å². The molecule has 0 aromatic rings. The third-order valence-electron chi connectivity index (χ3n) is 9.45. The van der Waals surface area contributed by atoms with Gasteiger partial charge in [0.25, 0.3) is 0 Å². The Morgan fingerprint density at radius 1 is 1.19 bits per heavy atom. The summed E-state index contributed by atoms with van der Waals surface area (Å²) in [7, 11) is 0. The van der Waals surface area contributed by atoms with Gasteiger partial charge >= 0.3 is 0 Å². The number of rotatable bonds is 4. The van der Waals surface area contributed by atoms with Crippen LogP contribution in [0.25, 0.3) is 0 Å². The van der Waals surface area contributed by atoms with Crippen LogP contribution in [0.2, 0.25) is 0 Å². The van der Waals surface area contributed by atoms with Crippen LogP contribution >= 0.6 is 0 Å². The average Bonchev–Trinajstić information content (AvgIpc) is 2.93. The van der Waals surface area contributed by atoms with Crippen LogP contribution < -0.4 is 5.73 Å². The standard InChI is InChI=1S/C24H37NO/c1-4-5-14-24(21(25)26)16-12-20-18-10-9-17-8-6-7-13-22(17,2)19(18)11-15-23(20,24)3/h6,8-9,18-20H,4-5,7,10-16H2,1-3H3,(H2,25,26)/t18-,19+,20+,22+,23+,24-/m1/s1. The van der Waals surface area contributed by atoms with Gasteiger partial charge in [0.2, 0.25) is 5.91 Å². The van der Waals surface area contributed by atoms with E-state index in [4.69, 9.17) is 5.73 Å². The number of hydrogen-bond donors (Lipinski definition) is 1. The molecule has 6 atom stereocenters. The number of amides is 1. The van der Waals surface area contributed by atoms with E-state index in [2.05, 4.69) is 39.0 Å². The van der Waals surface area contributed by atoms with E-state index in [-0.39, 0.29) is 16.7 Å². The minimum atomic E-state index is -0.254. The monoisotopic (exact) mass is 355 g/mol. The molecule has 0 saturated heterocycles. The molecule has 4 rings (SSSR count). The van der Waals surface area contributed by atoms with E-state index in [0.29, 0.717) is 11.3 Å². The van der Waals surface area contributed by atoms with E-state index < -0.39 is 0 Å². The number of carbonyl (C=O) groups is 1. The number of primary amides is 1. The second-order valence-corrected chi connectivity index (χ2v) is 10.2. The number of unbranched alkanes of at least 4 members (excludes halogenated alkanes) is 1. The molecule has 4 aliphatic rings. The van der Waals surface area contributed by atoms with E-state index in [1.54, 1.807) is 5.57 Å². The lowest BCUT2D eigenvalue weighted by Gasteiger charge is -2.58. The molecule has 0 unspecified atom stereocenters. The molecular weight excluding hydrogens is 318 g/mol. The maximum absolute atomic E-state index is 12.7. The maximum Gasteiger partial charge on any atom is 0.224 e. The van der Waals surface area contributed by atoms with Gasteiger partial charge in [-0.05, 0) is 85.5 Å². The summed E-state index contributed by atoms with van der Waals surface area (Å²) >= 11 is 0. The molecule has 2 saturated carbocycles. The third kappa shape index (κ3) is 2.26. The van der Waals surface area contributed by atoms with Crippen LogP contribution in [0.5, 0.6) is 0 Å². The summed E-state index contributed by atoms with van der Waals surface area (Å²) in [6, 6.07) is 0. The van der Waals surface area contributed by atoms with Crippen molar-refractivity contribution < 1.29 is 4.79 Å². The van der Waals surface area contributed by atoms with E-state index in [9.17, 15) is 4.79 Å². The fraction of sp³-hybridized carbons (Fsp3) is 0.792. The number of carbonyl (C=O) groups excluding carboxylic acids is 1. The highest BCUT2D eigenvalue weighted by Crippen LogP contribution is 2.70. The van der Waals surface area contributed by atoms with Crippen LogP contribution in [0, 0.1) is 34.0 Å². The molecule has 26 heavy (non-hydrogen) atoms. The Morgan fingerprint density at radius 2 is 1.96 bits per heavy atom. The summed E-state index contributed by atoms with van der Waals surface area (Å²) in [5.41, 5.74) is 7.92. The Morgan fingerprint density at radius 3 is 2.69 bits per heavy atom. The quantitative estimate of drug-likeness (QED) is 0.682. The highest BCUT2D eigenvalue weighted by atomic mass is 16.1. The molecule has 0 spiro atoms. The number of allylic oxidation sites excluding steroid dienone is 4. The molecule has 0 aromatic carbocycles. The summed E-state index contributed by atoms with van der Waals surface area (Å²) in [5.74, 6) is 2.21. The van der Waals surface area contributed by atoms with Crippen molar-refractivity contribution in [3.63, 3.8) is 0 Å². The lowest BCUT2D eigenvalue weighted by Crippen LogP contribution is -2.55. The van der Waals surface area contributed by atoms with Crippen LogP contribution in [-0.2, 0) is 4.79 Å². The van der Waals surface area contributed by atoms with Crippen molar-refractivity contribution in [2.75, 3.05) is 0 Å². The molecule has 2 heteroatoms. The number of fused-ring (bicyclic) bond motifs is 5. The van der Waals surface area contributed by atoms with Crippen LogP contribution in [-0.4, -0.2) is 5.91 Å². The highest BCUT2D eigenvalue weighted by molar-refractivity contribution is 5.82. The molecule has 0 aliphatic heterocycles. The summed E-state index contributed by atoms with van der Waals surface area (Å²) in [4.78, 5) is 12.7. The van der Waals surface area contributed by atoms with Crippen molar-refractivity contribution in [2.24, 2.45) is 39.7 Å². The second-order valence-electron chi connectivity index (χ2n) is 10.2. The van der Waals surface area contributed by atoms with Crippen LogP contribution in [0.4, 0.5) is 0 Å². The first kappa shape index (κ1) is 18.3. The lowest BCUT2D eigenvalue weighted by atomic mass is 9.46. The molecule has 0 aromatic heterocycles. The Balaban J connectivity index is 1.69. The first-order valence-corrected chi connectivity index (χ1v) is 11.1. The Labute approximate surface area is 159 Å². The first-order chi connectivity index (χ1) is 12.4. The molecule has 0 radical (unpaired) electrons. The maximum atomic E-state index is 12.7. The number of hydrogen-bond acceptors (Lipinski definition) is 1. The van der Waals surface area contributed by atoms with Crippen LogP contribution in [0.1, 0.15) is 85.0 Å². The molecule has 0 heterocycles. The smallest absolute Gasteiger partial charge is 0.224 e. The topological polar surface area (TPSA) is 43.1 Å².